The van der Waals surface area contributed by atoms with E-state index in [4.69, 9.17) is 5.73 Å². The van der Waals surface area contributed by atoms with Gasteiger partial charge in [-0.25, -0.2) is 0 Å². The Labute approximate surface area is 109 Å². The molecular weight excluding hydrogens is 242 g/mol. The molecule has 1 rings (SSSR count). The number of nitrogens with two attached hydrogens (primary N) is 1. The number of carbonyl (C=O) groups excluding carboxylic acids is 2. The summed E-state index contributed by atoms with van der Waals surface area (Å²) in [6.45, 7) is 3.99. The molecular formula is C11H22ClN3O2. The Kier molecular flexibility index (Phi) is 7.15. The summed E-state index contributed by atoms with van der Waals surface area (Å²) < 4.78 is 0. The lowest BCUT2D eigenvalue weighted by atomic mass is 9.90. The molecule has 0 aromatic heterocycles. The Morgan fingerprint density at radius 3 is 2.35 bits per heavy atom. The number of nitrogens with zero attached hydrogens (tertiary/aromatic N) is 1. The Morgan fingerprint density at radius 1 is 1.41 bits per heavy atom. The third-order valence-corrected chi connectivity index (χ3v) is 2.93. The summed E-state index contributed by atoms with van der Waals surface area (Å²) in [6, 6.07) is 0.551. The second-order valence-electron chi connectivity index (χ2n) is 4.46. The quantitative estimate of drug-likeness (QED) is 0.748. The van der Waals surface area contributed by atoms with Gasteiger partial charge in [-0.1, -0.05) is 0 Å². The molecule has 2 amide bonds. The van der Waals surface area contributed by atoms with Crippen LogP contribution in [0.5, 0.6) is 0 Å². The van der Waals surface area contributed by atoms with Crippen LogP contribution in [0.1, 0.15) is 33.1 Å². The fraction of sp³-hybridized carbons (Fsp3) is 0.818. The van der Waals surface area contributed by atoms with Gasteiger partial charge in [0.15, 0.2) is 0 Å². The van der Waals surface area contributed by atoms with Crippen LogP contribution in [-0.2, 0) is 9.59 Å². The van der Waals surface area contributed by atoms with Crippen molar-refractivity contribution in [3.63, 3.8) is 0 Å². The SMILES string of the molecule is CC(C)N(C(=O)CNC(=O)CN)C1CCC1.Cl. The second-order valence-corrected chi connectivity index (χ2v) is 4.46. The molecule has 1 aliphatic carbocycles. The summed E-state index contributed by atoms with van der Waals surface area (Å²) in [6.07, 6.45) is 3.35. The van der Waals surface area contributed by atoms with Crippen LogP contribution in [0.4, 0.5) is 0 Å². The molecule has 0 saturated heterocycles. The highest BCUT2D eigenvalue weighted by molar-refractivity contribution is 5.86. The number of hydrogen-bond acceptors (Lipinski definition) is 3. The Hall–Kier alpha value is -0.810. The molecule has 0 heterocycles. The van der Waals surface area contributed by atoms with Gasteiger partial charge in [-0.15, -0.1) is 12.4 Å². The maximum Gasteiger partial charge on any atom is 0.242 e. The largest absolute Gasteiger partial charge is 0.346 e. The van der Waals surface area contributed by atoms with Crippen molar-refractivity contribution in [2.24, 2.45) is 5.73 Å². The average molecular weight is 264 g/mol. The lowest BCUT2D eigenvalue weighted by Crippen LogP contribution is -2.51. The van der Waals surface area contributed by atoms with Crippen LogP contribution < -0.4 is 11.1 Å². The van der Waals surface area contributed by atoms with Gasteiger partial charge in [0.05, 0.1) is 13.1 Å². The van der Waals surface area contributed by atoms with Gasteiger partial charge in [-0.2, -0.15) is 0 Å². The van der Waals surface area contributed by atoms with E-state index < -0.39 is 0 Å². The van der Waals surface area contributed by atoms with Crippen LogP contribution >= 0.6 is 12.4 Å². The average Bonchev–Trinajstić information content (AvgIpc) is 2.18. The second kappa shape index (κ2) is 7.50. The smallest absolute Gasteiger partial charge is 0.242 e. The molecule has 17 heavy (non-hydrogen) atoms. The number of rotatable bonds is 5. The zero-order valence-corrected chi connectivity index (χ0v) is 11.3. The van der Waals surface area contributed by atoms with Crippen molar-refractivity contribution >= 4 is 24.2 Å². The van der Waals surface area contributed by atoms with Crippen LogP contribution in [0.3, 0.4) is 0 Å². The highest BCUT2D eigenvalue weighted by Gasteiger charge is 2.30. The first-order chi connectivity index (χ1) is 7.56. The standard InChI is InChI=1S/C11H21N3O2.ClH/c1-8(2)14(9-4-3-5-9)11(16)7-13-10(15)6-12;/h8-9H,3-7,12H2,1-2H3,(H,13,15);1H. The van der Waals surface area contributed by atoms with Crippen LogP contribution in [-0.4, -0.2) is 41.9 Å². The summed E-state index contributed by atoms with van der Waals surface area (Å²) >= 11 is 0. The van der Waals surface area contributed by atoms with Gasteiger partial charge in [0.1, 0.15) is 0 Å². The Balaban J connectivity index is 0.00000256. The fourth-order valence-electron chi connectivity index (χ4n) is 1.92. The van der Waals surface area contributed by atoms with Gasteiger partial charge in [0.25, 0.3) is 0 Å². The number of hydrogen-bond donors (Lipinski definition) is 2. The van der Waals surface area contributed by atoms with E-state index in [2.05, 4.69) is 5.32 Å². The van der Waals surface area contributed by atoms with E-state index in [-0.39, 0.29) is 43.4 Å². The molecule has 1 aliphatic rings. The summed E-state index contributed by atoms with van der Waals surface area (Å²) in [5.41, 5.74) is 5.15. The van der Waals surface area contributed by atoms with Crippen molar-refractivity contribution < 1.29 is 9.59 Å². The van der Waals surface area contributed by atoms with Gasteiger partial charge in [0.2, 0.25) is 11.8 Å². The summed E-state index contributed by atoms with van der Waals surface area (Å²) in [5, 5.41) is 2.52. The third-order valence-electron chi connectivity index (χ3n) is 2.93. The number of amides is 2. The predicted molar refractivity (Wildman–Crippen MR) is 68.9 cm³/mol. The monoisotopic (exact) mass is 263 g/mol. The zero-order valence-electron chi connectivity index (χ0n) is 10.4. The molecule has 5 nitrogen and oxygen atoms in total. The number of nitrogens with one attached hydrogen (secondary N) is 1. The van der Waals surface area contributed by atoms with Crippen LogP contribution in [0.2, 0.25) is 0 Å². The number of halogens is 1. The van der Waals surface area contributed by atoms with Crippen molar-refractivity contribution in [2.75, 3.05) is 13.1 Å². The molecule has 1 saturated carbocycles. The summed E-state index contributed by atoms with van der Waals surface area (Å²) in [7, 11) is 0. The van der Waals surface area contributed by atoms with E-state index in [0.717, 1.165) is 12.8 Å². The Morgan fingerprint density at radius 2 is 2.00 bits per heavy atom. The predicted octanol–water partition coefficient (Wildman–Crippen LogP) is 0.273. The molecule has 0 unspecified atom stereocenters. The molecule has 3 N–H and O–H groups in total. The highest BCUT2D eigenvalue weighted by Crippen LogP contribution is 2.26. The highest BCUT2D eigenvalue weighted by atomic mass is 35.5. The maximum absolute atomic E-state index is 11.9. The molecule has 100 valence electrons. The molecule has 1 fully saturated rings. The minimum Gasteiger partial charge on any atom is -0.346 e. The summed E-state index contributed by atoms with van der Waals surface area (Å²) in [5.74, 6) is -0.299. The van der Waals surface area contributed by atoms with E-state index in [0.29, 0.717) is 6.04 Å². The van der Waals surface area contributed by atoms with Gasteiger partial charge < -0.3 is 16.0 Å². The molecule has 0 spiro atoms. The normalized spacial score (nSPS) is 14.8. The van der Waals surface area contributed by atoms with E-state index in [1.54, 1.807) is 0 Å². The van der Waals surface area contributed by atoms with Crippen molar-refractivity contribution in [3.05, 3.63) is 0 Å². The first kappa shape index (κ1) is 16.2. The van der Waals surface area contributed by atoms with Crippen molar-refractivity contribution in [2.45, 2.75) is 45.2 Å². The van der Waals surface area contributed by atoms with E-state index in [1.807, 2.05) is 18.7 Å². The van der Waals surface area contributed by atoms with E-state index in [9.17, 15) is 9.59 Å². The van der Waals surface area contributed by atoms with Crippen molar-refractivity contribution in [1.29, 1.82) is 0 Å². The van der Waals surface area contributed by atoms with Gasteiger partial charge in [-0.3, -0.25) is 9.59 Å². The minimum absolute atomic E-state index is 0. The topological polar surface area (TPSA) is 75.4 Å². The lowest BCUT2D eigenvalue weighted by molar-refractivity contribution is -0.138. The van der Waals surface area contributed by atoms with Crippen LogP contribution in [0, 0.1) is 0 Å². The lowest BCUT2D eigenvalue weighted by Gasteiger charge is -2.40. The van der Waals surface area contributed by atoms with Gasteiger partial charge in [-0.05, 0) is 33.1 Å². The van der Waals surface area contributed by atoms with Gasteiger partial charge in [0, 0.05) is 12.1 Å². The first-order valence-corrected chi connectivity index (χ1v) is 5.84. The fourth-order valence-corrected chi connectivity index (χ4v) is 1.92. The molecule has 0 atom stereocenters. The molecule has 0 aromatic rings. The molecule has 0 aromatic carbocycles. The van der Waals surface area contributed by atoms with Gasteiger partial charge >= 0.3 is 0 Å². The zero-order chi connectivity index (χ0) is 12.1. The maximum atomic E-state index is 11.9. The van der Waals surface area contributed by atoms with E-state index >= 15 is 0 Å². The summed E-state index contributed by atoms with van der Waals surface area (Å²) in [4.78, 5) is 24.7. The molecule has 0 radical (unpaired) electrons. The van der Waals surface area contributed by atoms with Crippen molar-refractivity contribution in [3.8, 4) is 0 Å². The van der Waals surface area contributed by atoms with Crippen LogP contribution in [0.15, 0.2) is 0 Å². The van der Waals surface area contributed by atoms with Crippen molar-refractivity contribution in [1.82, 2.24) is 10.2 Å². The van der Waals surface area contributed by atoms with Crippen LogP contribution in [0.25, 0.3) is 0 Å². The molecule has 0 bridgehead atoms. The minimum atomic E-state index is -0.286. The third kappa shape index (κ3) is 4.52. The van der Waals surface area contributed by atoms with E-state index in [1.165, 1.54) is 6.42 Å². The Bertz CT molecular complexity index is 267. The molecule has 0 aliphatic heterocycles. The number of carbonyl (C=O) groups is 2. The molecule has 6 heteroatoms. The first-order valence-electron chi connectivity index (χ1n) is 5.84.